The van der Waals surface area contributed by atoms with Crippen LogP contribution in [0.5, 0.6) is 0 Å². The maximum atomic E-state index is 11.9. The summed E-state index contributed by atoms with van der Waals surface area (Å²) in [5.74, 6) is -0.0708. The summed E-state index contributed by atoms with van der Waals surface area (Å²) < 4.78 is 22.4. The lowest BCUT2D eigenvalue weighted by Crippen LogP contribution is -2.34. The van der Waals surface area contributed by atoms with E-state index in [1.807, 2.05) is 0 Å². The van der Waals surface area contributed by atoms with Crippen molar-refractivity contribution in [1.82, 2.24) is 5.32 Å². The Bertz CT molecular complexity index is 589. The summed E-state index contributed by atoms with van der Waals surface area (Å²) in [6, 6.07) is 3.07. The van der Waals surface area contributed by atoms with Gasteiger partial charge in [-0.25, -0.2) is 8.42 Å². The lowest BCUT2D eigenvalue weighted by Gasteiger charge is -2.23. The van der Waals surface area contributed by atoms with Gasteiger partial charge in [-0.3, -0.25) is 4.79 Å². The van der Waals surface area contributed by atoms with Crippen molar-refractivity contribution in [3.8, 4) is 0 Å². The molecule has 1 amide bonds. The molecule has 112 valence electrons. The molecule has 1 aromatic heterocycles. The zero-order valence-corrected chi connectivity index (χ0v) is 13.7. The molecule has 0 unspecified atom stereocenters. The van der Waals surface area contributed by atoms with E-state index in [-0.39, 0.29) is 22.0 Å². The van der Waals surface area contributed by atoms with E-state index in [9.17, 15) is 13.2 Å². The molecule has 4 nitrogen and oxygen atoms in total. The average molecular weight is 336 g/mol. The predicted octanol–water partition coefficient (Wildman–Crippen LogP) is 2.91. The molecule has 1 aromatic rings. The second-order valence-corrected chi connectivity index (χ2v) is 9.59. The van der Waals surface area contributed by atoms with Gasteiger partial charge in [-0.15, -0.1) is 11.3 Å². The van der Waals surface area contributed by atoms with Crippen molar-refractivity contribution in [3.05, 3.63) is 17.0 Å². The summed E-state index contributed by atoms with van der Waals surface area (Å²) in [5.41, 5.74) is 0.218. The van der Waals surface area contributed by atoms with Crippen molar-refractivity contribution >= 4 is 37.0 Å². The third-order valence-corrected chi connectivity index (χ3v) is 6.91. The average Bonchev–Trinajstić information content (AvgIpc) is 2.96. The van der Waals surface area contributed by atoms with Gasteiger partial charge in [0.15, 0.2) is 0 Å². The van der Waals surface area contributed by atoms with Crippen molar-refractivity contribution in [2.24, 2.45) is 5.41 Å². The minimum atomic E-state index is -3.69. The summed E-state index contributed by atoms with van der Waals surface area (Å²) >= 11 is 1.04. The van der Waals surface area contributed by atoms with Crippen molar-refractivity contribution in [3.63, 3.8) is 0 Å². The molecule has 1 heterocycles. The lowest BCUT2D eigenvalue weighted by atomic mass is 9.89. The van der Waals surface area contributed by atoms with Crippen LogP contribution in [0.25, 0.3) is 0 Å². The van der Waals surface area contributed by atoms with Crippen LogP contribution in [-0.4, -0.2) is 20.9 Å². The molecule has 1 saturated carbocycles. The minimum absolute atomic E-state index is 0.0708. The van der Waals surface area contributed by atoms with E-state index in [2.05, 4.69) is 12.2 Å². The molecular weight excluding hydrogens is 318 g/mol. The fourth-order valence-electron chi connectivity index (χ4n) is 2.52. The molecule has 0 bridgehead atoms. The fourth-order valence-corrected chi connectivity index (χ4v) is 4.64. The van der Waals surface area contributed by atoms with Crippen LogP contribution in [0.3, 0.4) is 0 Å². The Hall–Kier alpha value is -0.590. The van der Waals surface area contributed by atoms with Gasteiger partial charge >= 0.3 is 0 Å². The predicted molar refractivity (Wildman–Crippen MR) is 80.6 cm³/mol. The second-order valence-electron chi connectivity index (χ2n) is 5.63. The maximum absolute atomic E-state index is 11.9. The molecule has 1 aliphatic carbocycles. The highest BCUT2D eigenvalue weighted by Crippen LogP contribution is 2.36. The first kappa shape index (κ1) is 15.8. The highest BCUT2D eigenvalue weighted by Gasteiger charge is 2.28. The van der Waals surface area contributed by atoms with Gasteiger partial charge in [0.05, 0.1) is 6.42 Å². The van der Waals surface area contributed by atoms with Gasteiger partial charge < -0.3 is 5.32 Å². The quantitative estimate of drug-likeness (QED) is 0.841. The van der Waals surface area contributed by atoms with Crippen LogP contribution in [-0.2, 0) is 20.3 Å². The zero-order valence-electron chi connectivity index (χ0n) is 11.3. The van der Waals surface area contributed by atoms with Gasteiger partial charge in [-0.05, 0) is 30.4 Å². The van der Waals surface area contributed by atoms with Crippen LogP contribution >= 0.6 is 22.0 Å². The van der Waals surface area contributed by atoms with Crippen LogP contribution in [0, 0.1) is 5.41 Å². The first-order valence-corrected chi connectivity index (χ1v) is 9.71. The molecule has 1 fully saturated rings. The van der Waals surface area contributed by atoms with Crippen LogP contribution in [0.2, 0.25) is 0 Å². The molecule has 1 N–H and O–H groups in total. The molecule has 20 heavy (non-hydrogen) atoms. The van der Waals surface area contributed by atoms with E-state index in [1.54, 1.807) is 6.07 Å². The van der Waals surface area contributed by atoms with Crippen molar-refractivity contribution in [2.75, 3.05) is 6.54 Å². The SMILES string of the molecule is CC1(CNC(=O)Cc2ccc(S(=O)(=O)Cl)s2)CCCC1. The Morgan fingerprint density at radius 2 is 2.05 bits per heavy atom. The highest BCUT2D eigenvalue weighted by molar-refractivity contribution is 8.15. The Labute approximate surface area is 127 Å². The third kappa shape index (κ3) is 4.20. The zero-order chi connectivity index (χ0) is 14.8. The van der Waals surface area contributed by atoms with Gasteiger partial charge in [-0.2, -0.15) is 0 Å². The molecule has 0 aromatic carbocycles. The summed E-state index contributed by atoms with van der Waals surface area (Å²) in [7, 11) is 1.56. The van der Waals surface area contributed by atoms with Crippen LogP contribution < -0.4 is 5.32 Å². The smallest absolute Gasteiger partial charge is 0.270 e. The number of hydrogen-bond donors (Lipinski definition) is 1. The number of halogens is 1. The van der Waals surface area contributed by atoms with Crippen LogP contribution in [0.4, 0.5) is 0 Å². The van der Waals surface area contributed by atoms with Gasteiger partial charge in [-0.1, -0.05) is 19.8 Å². The summed E-state index contributed by atoms with van der Waals surface area (Å²) in [4.78, 5) is 12.6. The van der Waals surface area contributed by atoms with E-state index in [0.29, 0.717) is 11.4 Å². The fraction of sp³-hybridized carbons (Fsp3) is 0.615. The first-order chi connectivity index (χ1) is 9.28. The highest BCUT2D eigenvalue weighted by atomic mass is 35.7. The molecule has 0 spiro atoms. The summed E-state index contributed by atoms with van der Waals surface area (Å²) in [6.45, 7) is 2.89. The van der Waals surface area contributed by atoms with Crippen molar-refractivity contribution in [2.45, 2.75) is 43.2 Å². The number of hydrogen-bond acceptors (Lipinski definition) is 4. The van der Waals surface area contributed by atoms with E-state index in [1.165, 1.54) is 18.9 Å². The van der Waals surface area contributed by atoms with Gasteiger partial charge in [0.1, 0.15) is 4.21 Å². The minimum Gasteiger partial charge on any atom is -0.355 e. The summed E-state index contributed by atoms with van der Waals surface area (Å²) in [5, 5.41) is 2.95. The standard InChI is InChI=1S/C13H18ClNO3S2/c1-13(6-2-3-7-13)9-15-11(16)8-10-4-5-12(19-10)20(14,17)18/h4-5H,2-3,6-9H2,1H3,(H,15,16). The van der Waals surface area contributed by atoms with Gasteiger partial charge in [0.25, 0.3) is 9.05 Å². The third-order valence-electron chi connectivity index (χ3n) is 3.74. The Balaban J connectivity index is 1.87. The molecular formula is C13H18ClNO3S2. The van der Waals surface area contributed by atoms with Crippen LogP contribution in [0.1, 0.15) is 37.5 Å². The lowest BCUT2D eigenvalue weighted by molar-refractivity contribution is -0.120. The van der Waals surface area contributed by atoms with E-state index in [4.69, 9.17) is 10.7 Å². The topological polar surface area (TPSA) is 63.2 Å². The number of rotatable bonds is 5. The largest absolute Gasteiger partial charge is 0.355 e. The Morgan fingerprint density at radius 1 is 1.40 bits per heavy atom. The van der Waals surface area contributed by atoms with Gasteiger partial charge in [0.2, 0.25) is 5.91 Å². The molecule has 0 aliphatic heterocycles. The monoisotopic (exact) mass is 335 g/mol. The summed E-state index contributed by atoms with van der Waals surface area (Å²) in [6.07, 6.45) is 4.97. The Kier molecular flexibility index (Phi) is 4.76. The molecule has 0 atom stereocenters. The van der Waals surface area contributed by atoms with E-state index in [0.717, 1.165) is 24.2 Å². The Morgan fingerprint density at radius 3 is 2.60 bits per heavy atom. The van der Waals surface area contributed by atoms with E-state index >= 15 is 0 Å². The van der Waals surface area contributed by atoms with Gasteiger partial charge in [0, 0.05) is 22.1 Å². The van der Waals surface area contributed by atoms with Crippen LogP contribution in [0.15, 0.2) is 16.3 Å². The molecule has 1 aliphatic rings. The molecule has 0 saturated heterocycles. The first-order valence-electron chi connectivity index (χ1n) is 6.59. The second kappa shape index (κ2) is 6.03. The number of nitrogens with one attached hydrogen (secondary N) is 1. The number of carbonyl (C=O) groups excluding carboxylic acids is 1. The number of carbonyl (C=O) groups is 1. The molecule has 7 heteroatoms. The molecule has 0 radical (unpaired) electrons. The van der Waals surface area contributed by atoms with E-state index < -0.39 is 9.05 Å². The molecule has 2 rings (SSSR count). The van der Waals surface area contributed by atoms with Crippen molar-refractivity contribution < 1.29 is 13.2 Å². The number of thiophene rings is 1. The van der Waals surface area contributed by atoms with Crippen molar-refractivity contribution in [1.29, 1.82) is 0 Å². The number of amides is 1. The normalized spacial score (nSPS) is 18.1. The maximum Gasteiger partial charge on any atom is 0.270 e.